The number of hydrogen-bond acceptors (Lipinski definition) is 4. The van der Waals surface area contributed by atoms with Gasteiger partial charge in [-0.3, -0.25) is 0 Å². The normalized spacial score (nSPS) is 11.5. The van der Waals surface area contributed by atoms with Gasteiger partial charge in [-0.1, -0.05) is 26.0 Å². The first-order chi connectivity index (χ1) is 17.4. The summed E-state index contributed by atoms with van der Waals surface area (Å²) in [5, 5.41) is 23.2. The number of alkyl carbamates (subject to hydrolysis) is 1. The van der Waals surface area contributed by atoms with Crippen molar-refractivity contribution in [1.82, 2.24) is 9.88 Å². The van der Waals surface area contributed by atoms with Gasteiger partial charge >= 0.3 is 12.1 Å². The molecule has 0 aliphatic rings. The van der Waals surface area contributed by atoms with Crippen LogP contribution in [0, 0.1) is 18.6 Å². The van der Waals surface area contributed by atoms with Gasteiger partial charge in [0.2, 0.25) is 0 Å². The molecular weight excluding hydrogens is 482 g/mol. The van der Waals surface area contributed by atoms with Crippen LogP contribution < -0.4 is 5.32 Å². The van der Waals surface area contributed by atoms with Gasteiger partial charge in [-0.05, 0) is 54.4 Å². The molecule has 1 heterocycles. The monoisotopic (exact) mass is 508 g/mol. The van der Waals surface area contributed by atoms with E-state index in [4.69, 9.17) is 4.74 Å². The van der Waals surface area contributed by atoms with Crippen LogP contribution >= 0.6 is 0 Å². The summed E-state index contributed by atoms with van der Waals surface area (Å²) in [5.41, 5.74) is 1.56. The molecule has 4 aromatic rings. The van der Waals surface area contributed by atoms with Crippen LogP contribution in [0.5, 0.6) is 5.75 Å². The zero-order chi connectivity index (χ0) is 27.1. The molecule has 0 bridgehead atoms. The average Bonchev–Trinajstić information content (AvgIpc) is 3.20. The highest BCUT2D eigenvalue weighted by atomic mass is 19.1. The Hall–Kier alpha value is -4.40. The van der Waals surface area contributed by atoms with E-state index in [1.165, 1.54) is 37.4 Å². The van der Waals surface area contributed by atoms with E-state index >= 15 is 0 Å². The molecule has 0 aliphatic heterocycles. The number of carbonyl (C=O) groups excluding carboxylic acids is 1. The van der Waals surface area contributed by atoms with E-state index in [2.05, 4.69) is 5.32 Å². The van der Waals surface area contributed by atoms with Gasteiger partial charge in [0.1, 0.15) is 24.0 Å². The van der Waals surface area contributed by atoms with Crippen LogP contribution in [0.3, 0.4) is 0 Å². The molecular formula is C28H26F2N2O5. The van der Waals surface area contributed by atoms with E-state index in [0.29, 0.717) is 28.1 Å². The molecule has 3 aromatic carbocycles. The summed E-state index contributed by atoms with van der Waals surface area (Å²) < 4.78 is 35.9. The molecule has 9 heteroatoms. The number of amides is 1. The van der Waals surface area contributed by atoms with Crippen molar-refractivity contribution in [2.45, 2.75) is 26.2 Å². The predicted octanol–water partition coefficient (Wildman–Crippen LogP) is 5.92. The summed E-state index contributed by atoms with van der Waals surface area (Å²) in [4.78, 5) is 23.7. The maximum absolute atomic E-state index is 14.7. The number of phenols is 1. The lowest BCUT2D eigenvalue weighted by Gasteiger charge is -2.28. The molecule has 1 amide bonds. The molecule has 37 heavy (non-hydrogen) atoms. The minimum atomic E-state index is -1.14. The van der Waals surface area contributed by atoms with E-state index in [0.717, 1.165) is 6.07 Å². The number of aromatic nitrogens is 1. The second-order valence-electron chi connectivity index (χ2n) is 9.41. The molecule has 0 atom stereocenters. The predicted molar refractivity (Wildman–Crippen MR) is 135 cm³/mol. The van der Waals surface area contributed by atoms with Gasteiger partial charge < -0.3 is 24.8 Å². The number of hydrogen-bond donors (Lipinski definition) is 3. The molecule has 192 valence electrons. The topological polar surface area (TPSA) is 101 Å². The van der Waals surface area contributed by atoms with Crippen LogP contribution in [0.2, 0.25) is 0 Å². The smallest absolute Gasteiger partial charge is 0.406 e. The van der Waals surface area contributed by atoms with Crippen LogP contribution in [0.25, 0.3) is 27.7 Å². The molecule has 7 nitrogen and oxygen atoms in total. The molecule has 0 radical (unpaired) electrons. The Balaban J connectivity index is 2.17. The van der Waals surface area contributed by atoms with Gasteiger partial charge in [0.05, 0.1) is 16.5 Å². The lowest BCUT2D eigenvalue weighted by atomic mass is 9.84. The van der Waals surface area contributed by atoms with Crippen molar-refractivity contribution >= 4 is 23.0 Å². The largest absolute Gasteiger partial charge is 0.507 e. The number of aryl methyl sites for hydroxylation is 1. The van der Waals surface area contributed by atoms with Crippen LogP contribution in [-0.2, 0) is 10.2 Å². The fourth-order valence-electron chi connectivity index (χ4n) is 4.51. The van der Waals surface area contributed by atoms with Crippen molar-refractivity contribution in [1.29, 1.82) is 0 Å². The Morgan fingerprint density at radius 2 is 1.81 bits per heavy atom. The van der Waals surface area contributed by atoms with Crippen LogP contribution in [0.15, 0.2) is 54.6 Å². The minimum absolute atomic E-state index is 0.0167. The van der Waals surface area contributed by atoms with Crippen molar-refractivity contribution in [2.75, 3.05) is 13.7 Å². The zero-order valence-corrected chi connectivity index (χ0v) is 20.7. The van der Waals surface area contributed by atoms with Crippen LogP contribution in [0.1, 0.15) is 35.5 Å². The Labute approximate surface area is 211 Å². The number of aromatic carboxylic acids is 1. The summed E-state index contributed by atoms with van der Waals surface area (Å²) in [6.45, 7) is 5.08. The molecule has 0 aliphatic carbocycles. The van der Waals surface area contributed by atoms with Crippen molar-refractivity contribution < 1.29 is 33.3 Å². The van der Waals surface area contributed by atoms with Gasteiger partial charge in [0, 0.05) is 35.5 Å². The summed E-state index contributed by atoms with van der Waals surface area (Å²) in [6.07, 6.45) is -0.656. The third-order valence-electron chi connectivity index (χ3n) is 6.22. The molecule has 0 fully saturated rings. The Bertz CT molecular complexity index is 1540. The Morgan fingerprint density at radius 3 is 2.46 bits per heavy atom. The molecule has 1 aromatic heterocycles. The molecule has 0 saturated carbocycles. The number of aromatic hydroxyl groups is 1. The highest BCUT2D eigenvalue weighted by Gasteiger charge is 2.34. The maximum atomic E-state index is 14.7. The third kappa shape index (κ3) is 4.72. The van der Waals surface area contributed by atoms with Crippen molar-refractivity contribution in [3.8, 4) is 22.6 Å². The Morgan fingerprint density at radius 1 is 1.08 bits per heavy atom. The summed E-state index contributed by atoms with van der Waals surface area (Å²) >= 11 is 0. The fraction of sp³-hybridized carbons (Fsp3) is 0.214. The third-order valence-corrected chi connectivity index (χ3v) is 6.22. The van der Waals surface area contributed by atoms with Crippen molar-refractivity contribution in [2.24, 2.45) is 0 Å². The average molecular weight is 509 g/mol. The fourth-order valence-corrected chi connectivity index (χ4v) is 4.51. The highest BCUT2D eigenvalue weighted by Crippen LogP contribution is 2.46. The molecule has 3 N–H and O–H groups in total. The number of carboxylic acid groups (broad SMARTS) is 1. The number of nitrogens with one attached hydrogen (secondary N) is 1. The first-order valence-electron chi connectivity index (χ1n) is 11.5. The number of nitrogens with zero attached hydrogens (tertiary/aromatic N) is 1. The number of fused-ring (bicyclic) bond motifs is 1. The highest BCUT2D eigenvalue weighted by molar-refractivity contribution is 6.04. The van der Waals surface area contributed by atoms with E-state index in [9.17, 15) is 28.6 Å². The minimum Gasteiger partial charge on any atom is -0.507 e. The molecule has 0 saturated heterocycles. The first-order valence-corrected chi connectivity index (χ1v) is 11.5. The molecule has 4 rings (SSSR count). The van der Waals surface area contributed by atoms with E-state index in [1.807, 2.05) is 0 Å². The Kier molecular flexibility index (Phi) is 6.64. The lowest BCUT2D eigenvalue weighted by molar-refractivity contribution is 0.0696. The van der Waals surface area contributed by atoms with Gasteiger partial charge in [0.25, 0.3) is 0 Å². The summed E-state index contributed by atoms with van der Waals surface area (Å²) in [7, 11) is 1.43. The van der Waals surface area contributed by atoms with Gasteiger partial charge in [0.15, 0.2) is 0 Å². The number of carboxylic acids is 1. The van der Waals surface area contributed by atoms with Crippen molar-refractivity contribution in [3.63, 3.8) is 0 Å². The number of benzene rings is 3. The number of rotatable bonds is 6. The summed E-state index contributed by atoms with van der Waals surface area (Å²) in [5.74, 6) is -2.61. The van der Waals surface area contributed by atoms with E-state index < -0.39 is 29.1 Å². The van der Waals surface area contributed by atoms with E-state index in [-0.39, 0.29) is 28.8 Å². The number of carbonyl (C=O) groups is 2. The second kappa shape index (κ2) is 9.57. The number of phenolic OH excluding ortho intramolecular Hbond substituents is 1. The SMILES string of the molecule is CNC(=O)OCC(C)(C)c1c(-c2cccc(C(=O)O)c2)c2c(O)cc(F)cc2n1-c1ccc(F)c(C)c1. The van der Waals surface area contributed by atoms with Crippen molar-refractivity contribution in [3.05, 3.63) is 83.1 Å². The zero-order valence-electron chi connectivity index (χ0n) is 20.7. The molecule has 0 spiro atoms. The number of halogens is 2. The summed E-state index contributed by atoms with van der Waals surface area (Å²) in [6, 6.07) is 12.8. The lowest BCUT2D eigenvalue weighted by Crippen LogP contribution is -2.32. The standard InChI is InChI=1S/C28H26F2N2O5/c1-15-10-19(8-9-20(15)30)32-21-12-18(29)13-22(33)24(21)23(16-6-5-7-17(11-16)26(34)35)25(32)28(2,3)14-37-27(36)31-4/h5-13,33H,14H2,1-4H3,(H,31,36)(H,34,35). The quantitative estimate of drug-likeness (QED) is 0.300. The molecule has 0 unspecified atom stereocenters. The maximum Gasteiger partial charge on any atom is 0.406 e. The van der Waals surface area contributed by atoms with Crippen LogP contribution in [-0.4, -0.2) is 40.5 Å². The van der Waals surface area contributed by atoms with Gasteiger partial charge in [-0.15, -0.1) is 0 Å². The van der Waals surface area contributed by atoms with Gasteiger partial charge in [-0.2, -0.15) is 0 Å². The van der Waals surface area contributed by atoms with E-state index in [1.54, 1.807) is 43.5 Å². The number of ether oxygens (including phenoxy) is 1. The van der Waals surface area contributed by atoms with Crippen LogP contribution in [0.4, 0.5) is 13.6 Å². The first kappa shape index (κ1) is 25.7. The van der Waals surface area contributed by atoms with Gasteiger partial charge in [-0.25, -0.2) is 18.4 Å². The second-order valence-corrected chi connectivity index (χ2v) is 9.41.